The van der Waals surface area contributed by atoms with Crippen molar-refractivity contribution in [2.45, 2.75) is 154 Å². The van der Waals surface area contributed by atoms with Gasteiger partial charge in [-0.05, 0) is 71.4 Å². The number of ether oxygens (including phenoxy) is 6. The van der Waals surface area contributed by atoms with Crippen LogP contribution in [-0.4, -0.2) is 127 Å². The highest BCUT2D eigenvalue weighted by atomic mass is 16.7. The Bertz CT molecular complexity index is 2160. The Morgan fingerprint density at radius 1 is 0.967 bits per heavy atom. The molecule has 5 aliphatic rings. The van der Waals surface area contributed by atoms with E-state index in [1.807, 2.05) is 13.0 Å². The van der Waals surface area contributed by atoms with Crippen molar-refractivity contribution in [3.05, 3.63) is 62.6 Å². The van der Waals surface area contributed by atoms with Crippen molar-refractivity contribution in [1.82, 2.24) is 0 Å². The summed E-state index contributed by atoms with van der Waals surface area (Å²) in [6, 6.07) is 0. The number of aliphatic hydroxyl groups is 4. The molecule has 0 amide bonds. The first-order valence-electron chi connectivity index (χ1n) is 20.4. The summed E-state index contributed by atoms with van der Waals surface area (Å²) in [4.78, 5) is 80.7. The van der Waals surface area contributed by atoms with Crippen molar-refractivity contribution in [3.8, 4) is 5.75 Å². The van der Waals surface area contributed by atoms with E-state index in [9.17, 15) is 54.3 Å². The third-order valence-corrected chi connectivity index (χ3v) is 12.5. The molecule has 11 atom stereocenters. The van der Waals surface area contributed by atoms with Gasteiger partial charge in [0.1, 0.15) is 28.3 Å². The molecular weight excluding hydrogens is 800 g/mol. The summed E-state index contributed by atoms with van der Waals surface area (Å²) in [6.07, 6.45) is -4.07. The summed E-state index contributed by atoms with van der Waals surface area (Å²) < 4.78 is 35.2. The number of rotatable bonds is 11. The van der Waals surface area contributed by atoms with Gasteiger partial charge in [0.05, 0.1) is 36.5 Å². The molecular formula is C44H54O17. The van der Waals surface area contributed by atoms with Crippen LogP contribution in [0.5, 0.6) is 5.75 Å². The number of carbonyl (C=O) groups is 6. The maximum atomic E-state index is 14.4. The van der Waals surface area contributed by atoms with E-state index in [1.165, 1.54) is 13.8 Å². The van der Waals surface area contributed by atoms with Gasteiger partial charge >= 0.3 is 5.97 Å². The van der Waals surface area contributed by atoms with Crippen molar-refractivity contribution in [3.63, 3.8) is 0 Å². The fraction of sp³-hybridized carbons (Fsp3) is 0.591. The molecule has 17 heteroatoms. The van der Waals surface area contributed by atoms with E-state index in [2.05, 4.69) is 6.92 Å². The van der Waals surface area contributed by atoms with E-state index in [0.29, 0.717) is 5.57 Å². The fourth-order valence-electron chi connectivity index (χ4n) is 9.38. The van der Waals surface area contributed by atoms with Crippen molar-refractivity contribution in [2.24, 2.45) is 5.92 Å². The number of ketones is 5. The standard InChI is InChI=1S/C44H54O17/c1-10-11-18(2)14-19(3)41(52)61-39-23(7)58-29(17-42(39,8)53)59-26-12-13-28(57-22(26)6)60-40-36(49)31(21(5)45)37(50)44(55)38(51)32-24(16-43(40,44)54)20(4)30-33(35(32)48)25(46)15-27(56-9)34(30)47/h14-15,18,22-23,26,28-29,39-40,48,50,53-55H,10-13,16-17H2,1-9H3/b19-14-/t18-,22?,23?,26?,28?,29?,39?,40-,42?,43-,44-/m1/s1. The summed E-state index contributed by atoms with van der Waals surface area (Å²) in [5, 5.41) is 58.8. The van der Waals surface area contributed by atoms with Crippen LogP contribution in [0, 0.1) is 12.8 Å². The van der Waals surface area contributed by atoms with Crippen LogP contribution in [0.25, 0.3) is 0 Å². The highest BCUT2D eigenvalue weighted by molar-refractivity contribution is 6.29. The number of benzene rings is 1. The van der Waals surface area contributed by atoms with E-state index in [-0.39, 0.29) is 47.6 Å². The van der Waals surface area contributed by atoms with E-state index >= 15 is 0 Å². The average Bonchev–Trinajstić information content (AvgIpc) is 3.17. The molecule has 332 valence electrons. The quantitative estimate of drug-likeness (QED) is 0.122. The van der Waals surface area contributed by atoms with Crippen molar-refractivity contribution < 1.29 is 82.7 Å². The van der Waals surface area contributed by atoms with Gasteiger partial charge in [-0.2, -0.15) is 0 Å². The van der Waals surface area contributed by atoms with Gasteiger partial charge < -0.3 is 54.0 Å². The minimum atomic E-state index is -3.47. The number of phenolic OH excluding ortho intramolecular Hbond substituents is 1. The Morgan fingerprint density at radius 2 is 1.62 bits per heavy atom. The Hall–Kier alpha value is -4.62. The van der Waals surface area contributed by atoms with Gasteiger partial charge in [0.15, 0.2) is 42.1 Å². The second-order valence-electron chi connectivity index (χ2n) is 17.1. The fourth-order valence-corrected chi connectivity index (χ4v) is 9.38. The lowest BCUT2D eigenvalue weighted by Gasteiger charge is -2.52. The first-order valence-corrected chi connectivity index (χ1v) is 20.4. The van der Waals surface area contributed by atoms with Crippen LogP contribution < -0.4 is 0 Å². The molecule has 6 rings (SSSR count). The Morgan fingerprint density at radius 3 is 2.21 bits per heavy atom. The number of hydrogen-bond donors (Lipinski definition) is 5. The molecule has 0 saturated carbocycles. The van der Waals surface area contributed by atoms with E-state index in [1.54, 1.807) is 20.8 Å². The second-order valence-corrected chi connectivity index (χ2v) is 17.1. The summed E-state index contributed by atoms with van der Waals surface area (Å²) >= 11 is 0. The Labute approximate surface area is 352 Å². The van der Waals surface area contributed by atoms with Gasteiger partial charge in [-0.15, -0.1) is 0 Å². The van der Waals surface area contributed by atoms with Crippen molar-refractivity contribution in [1.29, 1.82) is 0 Å². The largest absolute Gasteiger partial charge is 0.508 e. The zero-order chi connectivity index (χ0) is 45.3. The predicted octanol–water partition coefficient (Wildman–Crippen LogP) is 3.27. The summed E-state index contributed by atoms with van der Waals surface area (Å²) in [5.74, 6) is -8.89. The maximum Gasteiger partial charge on any atom is 0.333 e. The lowest BCUT2D eigenvalue weighted by molar-refractivity contribution is -0.316. The molecule has 17 nitrogen and oxygen atoms in total. The molecule has 2 aliphatic heterocycles. The number of aromatic hydroxyl groups is 1. The number of hydrogen-bond acceptors (Lipinski definition) is 17. The number of carbonyl (C=O) groups excluding carboxylic acids is 6. The van der Waals surface area contributed by atoms with Gasteiger partial charge in [0.2, 0.25) is 23.0 Å². The van der Waals surface area contributed by atoms with Crippen LogP contribution >= 0.6 is 0 Å². The topological polar surface area (TPSA) is 259 Å². The zero-order valence-corrected chi connectivity index (χ0v) is 35.7. The number of phenols is 1. The highest BCUT2D eigenvalue weighted by Gasteiger charge is 2.71. The minimum Gasteiger partial charge on any atom is -0.508 e. The molecule has 0 radical (unpaired) electrons. The number of aliphatic hydroxyl groups excluding tert-OH is 1. The van der Waals surface area contributed by atoms with E-state index < -0.39 is 129 Å². The third kappa shape index (κ3) is 7.57. The molecule has 5 N–H and O–H groups in total. The summed E-state index contributed by atoms with van der Waals surface area (Å²) in [7, 11) is 1.15. The molecule has 3 aliphatic carbocycles. The van der Waals surface area contributed by atoms with Crippen LogP contribution in [0.1, 0.15) is 123 Å². The molecule has 1 aromatic rings. The number of methoxy groups -OCH3 is 1. The molecule has 2 saturated heterocycles. The van der Waals surface area contributed by atoms with Crippen molar-refractivity contribution in [2.75, 3.05) is 7.11 Å². The van der Waals surface area contributed by atoms with Gasteiger partial charge in [0, 0.05) is 36.5 Å². The first-order chi connectivity index (χ1) is 28.4. The third-order valence-electron chi connectivity index (χ3n) is 12.5. The average molecular weight is 855 g/mol. The van der Waals surface area contributed by atoms with E-state index in [0.717, 1.165) is 33.0 Å². The predicted molar refractivity (Wildman–Crippen MR) is 210 cm³/mol. The lowest BCUT2D eigenvalue weighted by Crippen LogP contribution is -2.74. The molecule has 61 heavy (non-hydrogen) atoms. The normalized spacial score (nSPS) is 34.6. The van der Waals surface area contributed by atoms with Gasteiger partial charge in [0.25, 0.3) is 0 Å². The summed E-state index contributed by atoms with van der Waals surface area (Å²) in [5.41, 5.74) is -10.6. The van der Waals surface area contributed by atoms with Crippen molar-refractivity contribution >= 4 is 34.9 Å². The molecule has 7 unspecified atom stereocenters. The van der Waals surface area contributed by atoms with Crippen LogP contribution in [0.3, 0.4) is 0 Å². The number of allylic oxidation sites excluding steroid dienone is 3. The summed E-state index contributed by atoms with van der Waals surface area (Å²) in [6.45, 7) is 12.7. The Kier molecular flexibility index (Phi) is 12.5. The van der Waals surface area contributed by atoms with Crippen LogP contribution in [0.4, 0.5) is 0 Å². The molecule has 2 heterocycles. The minimum absolute atomic E-state index is 0.0139. The molecule has 2 fully saturated rings. The molecule has 0 aromatic heterocycles. The highest BCUT2D eigenvalue weighted by Crippen LogP contribution is 2.52. The number of esters is 1. The number of Topliss-reactive ketones (excluding diaryl/α,β-unsaturated/α-hetero) is 4. The first kappa shape index (κ1) is 45.9. The molecule has 0 bridgehead atoms. The van der Waals surface area contributed by atoms with Gasteiger partial charge in [-0.3, -0.25) is 24.0 Å². The second kappa shape index (κ2) is 16.6. The van der Waals surface area contributed by atoms with Crippen LogP contribution in [0.2, 0.25) is 0 Å². The Balaban J connectivity index is 1.22. The lowest BCUT2D eigenvalue weighted by atomic mass is 9.58. The number of fused-ring (bicyclic) bond motifs is 3. The van der Waals surface area contributed by atoms with E-state index in [4.69, 9.17) is 28.4 Å². The molecule has 1 aromatic carbocycles. The van der Waals surface area contributed by atoms with Crippen LogP contribution in [-0.2, 0) is 49.2 Å². The maximum absolute atomic E-state index is 14.4. The van der Waals surface area contributed by atoms with Crippen LogP contribution in [0.15, 0.2) is 34.8 Å². The zero-order valence-electron chi connectivity index (χ0n) is 35.7. The van der Waals surface area contributed by atoms with Gasteiger partial charge in [-0.25, -0.2) is 4.79 Å². The van der Waals surface area contributed by atoms with Gasteiger partial charge in [-0.1, -0.05) is 26.3 Å². The smallest absolute Gasteiger partial charge is 0.333 e. The monoisotopic (exact) mass is 854 g/mol. The SMILES string of the molecule is CCC[C@@H](C)/C=C(/C)C(=O)OC1C(C)OC(OC2CCC(O[C@@H]3C(=O)C(C(C)=O)=C(O)[C@@]4(O)C(=O)c5c(O)c6c(c(C)c5C[C@@]34O)C(=O)C(OC)=CC6=O)OC2C)CC1(C)O. The molecule has 0 spiro atoms.